The van der Waals surface area contributed by atoms with Crippen molar-refractivity contribution >= 4 is 34.5 Å². The van der Waals surface area contributed by atoms with Crippen molar-refractivity contribution in [2.24, 2.45) is 11.3 Å². The van der Waals surface area contributed by atoms with Gasteiger partial charge in [-0.25, -0.2) is 0 Å². The van der Waals surface area contributed by atoms with E-state index >= 15 is 0 Å². The number of amides is 2. The first-order valence-electron chi connectivity index (χ1n) is 8.27. The topological polar surface area (TPSA) is 49.4 Å². The molecule has 2 amide bonds. The number of nitrogens with zero attached hydrogens (tertiary/aromatic N) is 1. The van der Waals surface area contributed by atoms with Crippen molar-refractivity contribution in [1.82, 2.24) is 10.2 Å². The van der Waals surface area contributed by atoms with Crippen molar-refractivity contribution in [3.05, 3.63) is 44.8 Å². The van der Waals surface area contributed by atoms with Crippen LogP contribution in [0.2, 0.25) is 0 Å². The molecule has 2 aromatic heterocycles. The van der Waals surface area contributed by atoms with Crippen molar-refractivity contribution in [3.63, 3.8) is 0 Å². The molecule has 1 saturated heterocycles. The zero-order valence-corrected chi connectivity index (χ0v) is 15.0. The fraction of sp³-hybridized carbons (Fsp3) is 0.444. The van der Waals surface area contributed by atoms with Crippen LogP contribution in [-0.2, 0) is 22.6 Å². The number of hydrogen-bond acceptors (Lipinski definition) is 4. The molecule has 3 heterocycles. The van der Waals surface area contributed by atoms with Crippen LogP contribution in [0.25, 0.3) is 0 Å². The highest BCUT2D eigenvalue weighted by Crippen LogP contribution is 2.58. The highest BCUT2D eigenvalue weighted by Gasteiger charge is 2.61. The van der Waals surface area contributed by atoms with E-state index in [9.17, 15) is 9.59 Å². The van der Waals surface area contributed by atoms with Gasteiger partial charge in [-0.15, -0.1) is 22.7 Å². The lowest BCUT2D eigenvalue weighted by molar-refractivity contribution is -0.130. The molecule has 2 aromatic rings. The van der Waals surface area contributed by atoms with E-state index in [0.29, 0.717) is 13.0 Å². The Balaban J connectivity index is 1.29. The number of hydrogen-bond donors (Lipinski definition) is 1. The SMILES string of the molecule is O=C(NCc1cccs1)[C@@H]1C[C@@]12CCN(C(=O)Cc1cccs1)C2. The molecule has 1 saturated carbocycles. The molecule has 2 aliphatic rings. The minimum atomic E-state index is 0.0463. The number of thiophene rings is 2. The van der Waals surface area contributed by atoms with Crippen molar-refractivity contribution in [2.45, 2.75) is 25.8 Å². The van der Waals surface area contributed by atoms with E-state index in [2.05, 4.69) is 5.32 Å². The molecule has 0 bridgehead atoms. The van der Waals surface area contributed by atoms with Crippen LogP contribution >= 0.6 is 22.7 Å². The molecule has 2 fully saturated rings. The predicted molar refractivity (Wildman–Crippen MR) is 95.9 cm³/mol. The van der Waals surface area contributed by atoms with Gasteiger partial charge in [-0.2, -0.15) is 0 Å². The van der Waals surface area contributed by atoms with Crippen LogP contribution < -0.4 is 5.32 Å². The Kier molecular flexibility index (Phi) is 4.18. The molecule has 4 nitrogen and oxygen atoms in total. The summed E-state index contributed by atoms with van der Waals surface area (Å²) in [6.07, 6.45) is 2.37. The highest BCUT2D eigenvalue weighted by molar-refractivity contribution is 7.10. The fourth-order valence-electron chi connectivity index (χ4n) is 3.66. The summed E-state index contributed by atoms with van der Waals surface area (Å²) in [4.78, 5) is 29.0. The van der Waals surface area contributed by atoms with Gasteiger partial charge in [-0.3, -0.25) is 9.59 Å². The van der Waals surface area contributed by atoms with E-state index in [4.69, 9.17) is 0 Å². The molecule has 4 rings (SSSR count). The normalized spacial score (nSPS) is 25.2. The third kappa shape index (κ3) is 3.13. The van der Waals surface area contributed by atoms with Crippen LogP contribution in [0.15, 0.2) is 35.0 Å². The molecular weight excluding hydrogens is 340 g/mol. The second kappa shape index (κ2) is 6.33. The molecule has 1 N–H and O–H groups in total. The first-order chi connectivity index (χ1) is 11.7. The first-order valence-corrected chi connectivity index (χ1v) is 10.0. The van der Waals surface area contributed by atoms with E-state index in [0.717, 1.165) is 30.8 Å². The summed E-state index contributed by atoms with van der Waals surface area (Å²) < 4.78 is 0. The Bertz CT molecular complexity index is 726. The highest BCUT2D eigenvalue weighted by atomic mass is 32.1. The van der Waals surface area contributed by atoms with Gasteiger partial charge in [0.05, 0.1) is 13.0 Å². The summed E-state index contributed by atoms with van der Waals surface area (Å²) in [7, 11) is 0. The summed E-state index contributed by atoms with van der Waals surface area (Å²) in [6, 6.07) is 8.02. The van der Waals surface area contributed by atoms with Crippen molar-refractivity contribution < 1.29 is 9.59 Å². The quantitative estimate of drug-likeness (QED) is 0.891. The smallest absolute Gasteiger partial charge is 0.227 e. The summed E-state index contributed by atoms with van der Waals surface area (Å²) in [6.45, 7) is 2.15. The molecule has 1 aliphatic heterocycles. The predicted octanol–water partition coefficient (Wildman–Crippen LogP) is 2.91. The standard InChI is InChI=1S/C18H20N2O2S2/c21-16(9-13-3-1-7-23-13)20-6-5-18(12-20)10-15(18)17(22)19-11-14-4-2-8-24-14/h1-4,7-8,15H,5-6,9-12H2,(H,19,22)/t15-,18+/m0/s1. The van der Waals surface area contributed by atoms with Gasteiger partial charge in [-0.05, 0) is 35.7 Å². The molecule has 24 heavy (non-hydrogen) atoms. The van der Waals surface area contributed by atoms with Gasteiger partial charge in [-0.1, -0.05) is 12.1 Å². The number of carbonyl (C=O) groups is 2. The second-order valence-electron chi connectivity index (χ2n) is 6.74. The summed E-state index contributed by atoms with van der Waals surface area (Å²) in [5.74, 6) is 0.423. The van der Waals surface area contributed by atoms with Crippen molar-refractivity contribution in [2.75, 3.05) is 13.1 Å². The maximum absolute atomic E-state index is 12.4. The van der Waals surface area contributed by atoms with E-state index in [1.165, 1.54) is 4.88 Å². The maximum atomic E-state index is 12.4. The summed E-state index contributed by atoms with van der Waals surface area (Å²) >= 11 is 3.29. The Labute approximate surface area is 149 Å². The van der Waals surface area contributed by atoms with Gasteiger partial charge >= 0.3 is 0 Å². The molecule has 0 unspecified atom stereocenters. The Morgan fingerprint density at radius 3 is 2.67 bits per heavy atom. The zero-order chi connectivity index (χ0) is 16.6. The Morgan fingerprint density at radius 1 is 1.21 bits per heavy atom. The van der Waals surface area contributed by atoms with Crippen LogP contribution in [0.5, 0.6) is 0 Å². The monoisotopic (exact) mass is 360 g/mol. The maximum Gasteiger partial charge on any atom is 0.227 e. The third-order valence-corrected chi connectivity index (χ3v) is 6.92. The lowest BCUT2D eigenvalue weighted by Gasteiger charge is -2.16. The Hall–Kier alpha value is -1.66. The molecule has 0 radical (unpaired) electrons. The lowest BCUT2D eigenvalue weighted by Crippen LogP contribution is -2.31. The molecule has 0 aromatic carbocycles. The van der Waals surface area contributed by atoms with Gasteiger partial charge in [0.2, 0.25) is 11.8 Å². The van der Waals surface area contributed by atoms with Gasteiger partial charge in [0.1, 0.15) is 0 Å². The zero-order valence-electron chi connectivity index (χ0n) is 13.4. The van der Waals surface area contributed by atoms with E-state index in [1.807, 2.05) is 39.9 Å². The van der Waals surface area contributed by atoms with Crippen LogP contribution in [0.3, 0.4) is 0 Å². The van der Waals surface area contributed by atoms with Gasteiger partial charge in [0, 0.05) is 34.2 Å². The molecule has 126 valence electrons. The van der Waals surface area contributed by atoms with Crippen LogP contribution in [0, 0.1) is 11.3 Å². The van der Waals surface area contributed by atoms with Crippen LogP contribution in [0.1, 0.15) is 22.6 Å². The van der Waals surface area contributed by atoms with E-state index in [1.54, 1.807) is 22.7 Å². The van der Waals surface area contributed by atoms with Gasteiger partial charge < -0.3 is 10.2 Å². The summed E-state index contributed by atoms with van der Waals surface area (Å²) in [5, 5.41) is 7.07. The van der Waals surface area contributed by atoms with Crippen molar-refractivity contribution in [3.8, 4) is 0 Å². The third-order valence-electron chi connectivity index (χ3n) is 5.17. The summed E-state index contributed by atoms with van der Waals surface area (Å²) in [5.41, 5.74) is 0.0463. The molecule has 1 spiro atoms. The Morgan fingerprint density at radius 2 is 1.96 bits per heavy atom. The molecular formula is C18H20N2O2S2. The van der Waals surface area contributed by atoms with Crippen LogP contribution in [0.4, 0.5) is 0 Å². The number of rotatable bonds is 5. The lowest BCUT2D eigenvalue weighted by atomic mass is 10.0. The average Bonchev–Trinajstić information content (AvgIpc) is 3.07. The number of carbonyl (C=O) groups excluding carboxylic acids is 2. The first kappa shape index (κ1) is 15.8. The van der Waals surface area contributed by atoms with Crippen LogP contribution in [-0.4, -0.2) is 29.8 Å². The molecule has 1 aliphatic carbocycles. The van der Waals surface area contributed by atoms with E-state index < -0.39 is 0 Å². The van der Waals surface area contributed by atoms with Crippen molar-refractivity contribution in [1.29, 1.82) is 0 Å². The minimum Gasteiger partial charge on any atom is -0.351 e. The number of nitrogens with one attached hydrogen (secondary N) is 1. The minimum absolute atomic E-state index is 0.0463. The number of likely N-dealkylation sites (tertiary alicyclic amines) is 1. The fourth-order valence-corrected chi connectivity index (χ4v) is 5.00. The molecule has 6 heteroatoms. The molecule has 2 atom stereocenters. The van der Waals surface area contributed by atoms with Gasteiger partial charge in [0.15, 0.2) is 0 Å². The van der Waals surface area contributed by atoms with Gasteiger partial charge in [0.25, 0.3) is 0 Å². The van der Waals surface area contributed by atoms with E-state index in [-0.39, 0.29) is 23.1 Å². The average molecular weight is 361 g/mol. The second-order valence-corrected chi connectivity index (χ2v) is 8.80. The largest absolute Gasteiger partial charge is 0.351 e.